The van der Waals surface area contributed by atoms with Crippen molar-refractivity contribution in [2.24, 2.45) is 7.05 Å². The number of ether oxygens (including phenoxy) is 1. The van der Waals surface area contributed by atoms with Gasteiger partial charge in [-0.25, -0.2) is 0 Å². The van der Waals surface area contributed by atoms with Gasteiger partial charge in [0.15, 0.2) is 0 Å². The minimum absolute atomic E-state index is 0.147. The van der Waals surface area contributed by atoms with E-state index in [1.54, 1.807) is 0 Å². The number of carbonyl (C=O) groups is 1. The Morgan fingerprint density at radius 2 is 2.00 bits per heavy atom. The highest BCUT2D eigenvalue weighted by Gasteiger charge is 2.31. The van der Waals surface area contributed by atoms with Gasteiger partial charge < -0.3 is 9.64 Å². The van der Waals surface area contributed by atoms with E-state index in [1.807, 2.05) is 29.0 Å². The van der Waals surface area contributed by atoms with Crippen molar-refractivity contribution in [2.75, 3.05) is 13.2 Å². The summed E-state index contributed by atoms with van der Waals surface area (Å²) in [5.74, 6) is 0.147. The molecule has 1 amide bonds. The molecule has 154 valence electrons. The second-order valence-corrected chi connectivity index (χ2v) is 8.53. The molecule has 1 fully saturated rings. The minimum atomic E-state index is 0.147. The van der Waals surface area contributed by atoms with Crippen LogP contribution in [0.4, 0.5) is 0 Å². The van der Waals surface area contributed by atoms with Gasteiger partial charge in [-0.1, -0.05) is 30.3 Å². The number of aryl methyl sites for hydroxylation is 2. The fraction of sp³-hybridized carbons (Fsp3) is 0.360. The summed E-state index contributed by atoms with van der Waals surface area (Å²) >= 11 is 0. The van der Waals surface area contributed by atoms with Crippen LogP contribution in [-0.2, 0) is 24.8 Å². The maximum Gasteiger partial charge on any atom is 0.254 e. The Labute approximate surface area is 177 Å². The number of nitrogens with zero attached hydrogens (tertiary/aromatic N) is 3. The summed E-state index contributed by atoms with van der Waals surface area (Å²) in [6.07, 6.45) is 7.08. The summed E-state index contributed by atoms with van der Waals surface area (Å²) in [6.45, 7) is 4.38. The van der Waals surface area contributed by atoms with Crippen molar-refractivity contribution < 1.29 is 9.53 Å². The molecule has 2 aliphatic heterocycles. The smallest absolute Gasteiger partial charge is 0.254 e. The van der Waals surface area contributed by atoms with Gasteiger partial charge in [0.2, 0.25) is 0 Å². The topological polar surface area (TPSA) is 47.4 Å². The van der Waals surface area contributed by atoms with Gasteiger partial charge in [0.1, 0.15) is 0 Å². The quantitative estimate of drug-likeness (QED) is 0.646. The van der Waals surface area contributed by atoms with Gasteiger partial charge in [0, 0.05) is 44.1 Å². The SMILES string of the molecule is Cc1cc2c(cc1Cc1ccc(-c3cnn(C)c3)cc1)C(=O)N(CC1CCCO1)C2. The molecule has 0 radical (unpaired) electrons. The van der Waals surface area contributed by atoms with E-state index in [4.69, 9.17) is 4.74 Å². The number of hydrogen-bond donors (Lipinski definition) is 0. The van der Waals surface area contributed by atoms with Gasteiger partial charge in [-0.3, -0.25) is 9.48 Å². The van der Waals surface area contributed by atoms with Crippen LogP contribution in [0.3, 0.4) is 0 Å². The fourth-order valence-electron chi connectivity index (χ4n) is 4.57. The minimum Gasteiger partial charge on any atom is -0.376 e. The van der Waals surface area contributed by atoms with E-state index in [-0.39, 0.29) is 12.0 Å². The number of hydrogen-bond acceptors (Lipinski definition) is 3. The Balaban J connectivity index is 1.33. The maximum atomic E-state index is 13.0. The molecule has 1 saturated heterocycles. The number of rotatable bonds is 5. The summed E-state index contributed by atoms with van der Waals surface area (Å²) in [6, 6.07) is 12.9. The number of carbonyl (C=O) groups excluding carboxylic acids is 1. The molecule has 1 aromatic heterocycles. The molecule has 0 spiro atoms. The zero-order chi connectivity index (χ0) is 20.7. The average molecular weight is 402 g/mol. The lowest BCUT2D eigenvalue weighted by Crippen LogP contribution is -2.32. The Morgan fingerprint density at radius 3 is 2.70 bits per heavy atom. The normalized spacial score (nSPS) is 18.3. The van der Waals surface area contributed by atoms with Crippen molar-refractivity contribution in [3.63, 3.8) is 0 Å². The lowest BCUT2D eigenvalue weighted by Gasteiger charge is -2.19. The number of amides is 1. The van der Waals surface area contributed by atoms with Crippen molar-refractivity contribution in [3.8, 4) is 11.1 Å². The number of aromatic nitrogens is 2. The molecule has 0 saturated carbocycles. The molecule has 3 heterocycles. The van der Waals surface area contributed by atoms with E-state index in [1.165, 1.54) is 16.7 Å². The van der Waals surface area contributed by atoms with Crippen LogP contribution in [-0.4, -0.2) is 39.8 Å². The molecular weight excluding hydrogens is 374 g/mol. The summed E-state index contributed by atoms with van der Waals surface area (Å²) in [4.78, 5) is 14.9. The first-order valence-corrected chi connectivity index (χ1v) is 10.7. The summed E-state index contributed by atoms with van der Waals surface area (Å²) in [5, 5.41) is 4.25. The molecule has 1 unspecified atom stereocenters. The first-order valence-electron chi connectivity index (χ1n) is 10.7. The van der Waals surface area contributed by atoms with E-state index < -0.39 is 0 Å². The molecule has 3 aromatic rings. The molecule has 5 heteroatoms. The van der Waals surface area contributed by atoms with E-state index in [2.05, 4.69) is 48.4 Å². The van der Waals surface area contributed by atoms with Crippen LogP contribution < -0.4 is 0 Å². The standard InChI is InChI=1S/C25H27N3O2/c1-17-10-21-15-28(16-23-4-3-9-30-23)25(29)24(21)12-20(17)11-18-5-7-19(8-6-18)22-13-26-27(2)14-22/h5-8,10,12-14,23H,3-4,9,11,15-16H2,1-2H3. The van der Waals surface area contributed by atoms with Gasteiger partial charge in [-0.05, 0) is 60.1 Å². The molecule has 2 aromatic carbocycles. The van der Waals surface area contributed by atoms with Crippen molar-refractivity contribution in [3.05, 3.63) is 76.6 Å². The third kappa shape index (κ3) is 3.65. The molecule has 2 aliphatic rings. The van der Waals surface area contributed by atoms with Gasteiger partial charge >= 0.3 is 0 Å². The summed E-state index contributed by atoms with van der Waals surface area (Å²) in [5.41, 5.74) is 8.00. The summed E-state index contributed by atoms with van der Waals surface area (Å²) in [7, 11) is 1.93. The fourth-order valence-corrected chi connectivity index (χ4v) is 4.57. The van der Waals surface area contributed by atoms with Crippen LogP contribution in [0.15, 0.2) is 48.8 Å². The van der Waals surface area contributed by atoms with Crippen LogP contribution in [0.2, 0.25) is 0 Å². The average Bonchev–Trinajstić information content (AvgIpc) is 3.46. The molecular formula is C25H27N3O2. The van der Waals surface area contributed by atoms with Crippen molar-refractivity contribution in [1.29, 1.82) is 0 Å². The van der Waals surface area contributed by atoms with E-state index in [9.17, 15) is 4.79 Å². The Hall–Kier alpha value is -2.92. The van der Waals surface area contributed by atoms with Gasteiger partial charge in [0.25, 0.3) is 5.91 Å². The molecule has 30 heavy (non-hydrogen) atoms. The largest absolute Gasteiger partial charge is 0.376 e. The lowest BCUT2D eigenvalue weighted by molar-refractivity contribution is 0.0545. The van der Waals surface area contributed by atoms with Crippen LogP contribution in [0.1, 0.15) is 45.5 Å². The monoisotopic (exact) mass is 401 g/mol. The van der Waals surface area contributed by atoms with Crippen LogP contribution in [0.5, 0.6) is 0 Å². The van der Waals surface area contributed by atoms with E-state index >= 15 is 0 Å². The third-order valence-corrected chi connectivity index (χ3v) is 6.28. The van der Waals surface area contributed by atoms with Crippen LogP contribution >= 0.6 is 0 Å². The Morgan fingerprint density at radius 1 is 1.17 bits per heavy atom. The zero-order valence-electron chi connectivity index (χ0n) is 17.6. The molecule has 0 bridgehead atoms. The highest BCUT2D eigenvalue weighted by atomic mass is 16.5. The second-order valence-electron chi connectivity index (χ2n) is 8.53. The van der Waals surface area contributed by atoms with Crippen molar-refractivity contribution in [2.45, 2.75) is 38.8 Å². The van der Waals surface area contributed by atoms with Gasteiger partial charge in [-0.15, -0.1) is 0 Å². The first-order chi connectivity index (χ1) is 14.6. The van der Waals surface area contributed by atoms with Crippen LogP contribution in [0, 0.1) is 6.92 Å². The Kier molecular flexibility index (Phi) is 4.91. The lowest BCUT2D eigenvalue weighted by atomic mass is 9.95. The predicted molar refractivity (Wildman–Crippen MR) is 116 cm³/mol. The second kappa shape index (κ2) is 7.73. The molecule has 1 atom stereocenters. The zero-order valence-corrected chi connectivity index (χ0v) is 17.6. The third-order valence-electron chi connectivity index (χ3n) is 6.28. The highest BCUT2D eigenvalue weighted by Crippen LogP contribution is 2.29. The number of fused-ring (bicyclic) bond motifs is 1. The Bertz CT molecular complexity index is 1080. The van der Waals surface area contributed by atoms with Crippen molar-refractivity contribution in [1.82, 2.24) is 14.7 Å². The van der Waals surface area contributed by atoms with Gasteiger partial charge in [-0.2, -0.15) is 5.10 Å². The number of benzene rings is 2. The molecule has 0 aliphatic carbocycles. The molecule has 5 rings (SSSR count). The molecule has 0 N–H and O–H groups in total. The first kappa shape index (κ1) is 19.1. The van der Waals surface area contributed by atoms with Crippen molar-refractivity contribution >= 4 is 5.91 Å². The highest BCUT2D eigenvalue weighted by molar-refractivity contribution is 5.98. The van der Waals surface area contributed by atoms with E-state index in [0.29, 0.717) is 13.1 Å². The summed E-state index contributed by atoms with van der Waals surface area (Å²) < 4.78 is 7.55. The molecule has 5 nitrogen and oxygen atoms in total. The predicted octanol–water partition coefficient (Wildman–Crippen LogP) is 4.12. The maximum absolute atomic E-state index is 13.0. The van der Waals surface area contributed by atoms with Crippen LogP contribution in [0.25, 0.3) is 11.1 Å². The van der Waals surface area contributed by atoms with Gasteiger partial charge in [0.05, 0.1) is 12.3 Å². The van der Waals surface area contributed by atoms with E-state index in [0.717, 1.165) is 48.1 Å².